The second kappa shape index (κ2) is 1.91. The maximum atomic E-state index is 11.2. The number of Topliss-reactive ketones (excluding diaryl/α,β-unsaturated/α-hetero) is 2. The smallest absolute Gasteiger partial charge is 0.139 e. The molecule has 2 rings (SSSR count). The summed E-state index contributed by atoms with van der Waals surface area (Å²) in [4.78, 5) is 22.1. The lowest BCUT2D eigenvalue weighted by molar-refractivity contribution is -0.134. The van der Waals surface area contributed by atoms with Crippen LogP contribution in [0.5, 0.6) is 0 Å². The lowest BCUT2D eigenvalue weighted by Crippen LogP contribution is -2.25. The molecule has 0 amide bonds. The fourth-order valence-electron chi connectivity index (χ4n) is 2.06. The van der Waals surface area contributed by atoms with Crippen LogP contribution in [0, 0.1) is 11.8 Å². The minimum absolute atomic E-state index is 0.117. The number of hydrogen-bond donors (Lipinski definition) is 0. The zero-order valence-corrected chi connectivity index (χ0v) is 5.80. The van der Waals surface area contributed by atoms with Crippen LogP contribution in [-0.2, 0) is 9.59 Å². The Kier molecular flexibility index (Phi) is 1.16. The van der Waals surface area contributed by atoms with Gasteiger partial charge in [-0.1, -0.05) is 0 Å². The SMILES string of the molecule is O=C1C[C@H]2CC[C@H](C1)C2=O. The average Bonchev–Trinajstić information content (AvgIpc) is 2.20. The van der Waals surface area contributed by atoms with Crippen LogP contribution >= 0.6 is 0 Å². The molecule has 2 aliphatic carbocycles. The largest absolute Gasteiger partial charge is 0.300 e. The Bertz CT molecular complexity index is 177. The van der Waals surface area contributed by atoms with E-state index >= 15 is 0 Å². The van der Waals surface area contributed by atoms with Crippen molar-refractivity contribution in [3.8, 4) is 0 Å². The number of fused-ring (bicyclic) bond motifs is 2. The minimum Gasteiger partial charge on any atom is -0.300 e. The first kappa shape index (κ1) is 6.08. The van der Waals surface area contributed by atoms with Crippen molar-refractivity contribution in [2.24, 2.45) is 11.8 Å². The summed E-state index contributed by atoms with van der Waals surface area (Å²) >= 11 is 0. The molecular formula is C8H10O2. The first-order chi connectivity index (χ1) is 4.77. The Morgan fingerprint density at radius 1 is 1.00 bits per heavy atom. The van der Waals surface area contributed by atoms with Crippen LogP contribution in [0.3, 0.4) is 0 Å². The highest BCUT2D eigenvalue weighted by molar-refractivity contribution is 5.97. The predicted octanol–water partition coefficient (Wildman–Crippen LogP) is 0.945. The first-order valence-corrected chi connectivity index (χ1v) is 3.83. The molecule has 2 atom stereocenters. The quantitative estimate of drug-likeness (QED) is 0.499. The van der Waals surface area contributed by atoms with Crippen molar-refractivity contribution in [3.63, 3.8) is 0 Å². The molecular weight excluding hydrogens is 128 g/mol. The van der Waals surface area contributed by atoms with Gasteiger partial charge in [0, 0.05) is 24.7 Å². The Labute approximate surface area is 59.6 Å². The van der Waals surface area contributed by atoms with E-state index in [1.807, 2.05) is 0 Å². The molecule has 54 valence electrons. The fourth-order valence-corrected chi connectivity index (χ4v) is 2.06. The maximum Gasteiger partial charge on any atom is 0.139 e. The summed E-state index contributed by atoms with van der Waals surface area (Å²) in [7, 11) is 0. The number of hydrogen-bond acceptors (Lipinski definition) is 2. The molecule has 2 aliphatic rings. The summed E-state index contributed by atoms with van der Waals surface area (Å²) in [5.41, 5.74) is 0. The summed E-state index contributed by atoms with van der Waals surface area (Å²) in [6, 6.07) is 0. The highest BCUT2D eigenvalue weighted by atomic mass is 16.1. The van der Waals surface area contributed by atoms with Gasteiger partial charge in [0.05, 0.1) is 0 Å². The van der Waals surface area contributed by atoms with Crippen molar-refractivity contribution in [2.75, 3.05) is 0 Å². The van der Waals surface area contributed by atoms with Crippen molar-refractivity contribution in [1.29, 1.82) is 0 Å². The van der Waals surface area contributed by atoms with Crippen molar-refractivity contribution >= 4 is 11.6 Å². The van der Waals surface area contributed by atoms with Gasteiger partial charge in [-0.3, -0.25) is 9.59 Å². The van der Waals surface area contributed by atoms with Gasteiger partial charge in [0.25, 0.3) is 0 Å². The van der Waals surface area contributed by atoms with Crippen LogP contribution in [-0.4, -0.2) is 11.6 Å². The van der Waals surface area contributed by atoms with Crippen LogP contribution in [0.4, 0.5) is 0 Å². The molecule has 0 heterocycles. The molecule has 10 heavy (non-hydrogen) atoms. The lowest BCUT2D eigenvalue weighted by Gasteiger charge is -2.15. The normalized spacial score (nSPS) is 38.8. The van der Waals surface area contributed by atoms with Crippen molar-refractivity contribution in [2.45, 2.75) is 25.7 Å². The number of carbonyl (C=O) groups excluding carboxylic acids is 2. The van der Waals surface area contributed by atoms with Gasteiger partial charge in [-0.25, -0.2) is 0 Å². The minimum atomic E-state index is 0.117. The van der Waals surface area contributed by atoms with E-state index in [9.17, 15) is 9.59 Å². The molecule has 0 aromatic rings. The van der Waals surface area contributed by atoms with E-state index in [1.54, 1.807) is 0 Å². The van der Waals surface area contributed by atoms with Crippen LogP contribution in [0.2, 0.25) is 0 Å². The fraction of sp³-hybridized carbons (Fsp3) is 0.750. The van der Waals surface area contributed by atoms with E-state index in [0.29, 0.717) is 24.4 Å². The zero-order valence-electron chi connectivity index (χ0n) is 5.80. The molecule has 2 nitrogen and oxygen atoms in total. The predicted molar refractivity (Wildman–Crippen MR) is 35.5 cm³/mol. The number of carbonyl (C=O) groups is 2. The summed E-state index contributed by atoms with van der Waals surface area (Å²) < 4.78 is 0. The summed E-state index contributed by atoms with van der Waals surface area (Å²) in [6.07, 6.45) is 3.01. The summed E-state index contributed by atoms with van der Waals surface area (Å²) in [5.74, 6) is 0.893. The van der Waals surface area contributed by atoms with Gasteiger partial charge in [0.2, 0.25) is 0 Å². The molecule has 0 aliphatic heterocycles. The van der Waals surface area contributed by atoms with Gasteiger partial charge in [-0.05, 0) is 12.8 Å². The highest BCUT2D eigenvalue weighted by Crippen LogP contribution is 2.36. The lowest BCUT2D eigenvalue weighted by atomic mass is 9.87. The molecule has 2 saturated carbocycles. The van der Waals surface area contributed by atoms with Gasteiger partial charge in [-0.15, -0.1) is 0 Å². The van der Waals surface area contributed by atoms with E-state index < -0.39 is 0 Å². The highest BCUT2D eigenvalue weighted by Gasteiger charge is 2.40. The second-order valence-corrected chi connectivity index (χ2v) is 3.32. The zero-order chi connectivity index (χ0) is 7.14. The molecule has 0 aromatic carbocycles. The molecule has 0 saturated heterocycles. The van der Waals surface area contributed by atoms with Crippen LogP contribution in [0.15, 0.2) is 0 Å². The molecule has 0 spiro atoms. The molecule has 2 fully saturated rings. The van der Waals surface area contributed by atoms with Gasteiger partial charge in [0.1, 0.15) is 11.6 Å². The van der Waals surface area contributed by atoms with Crippen LogP contribution < -0.4 is 0 Å². The van der Waals surface area contributed by atoms with E-state index in [4.69, 9.17) is 0 Å². The van der Waals surface area contributed by atoms with Crippen LogP contribution in [0.1, 0.15) is 25.7 Å². The Balaban J connectivity index is 2.24. The van der Waals surface area contributed by atoms with Crippen molar-refractivity contribution < 1.29 is 9.59 Å². The topological polar surface area (TPSA) is 34.1 Å². The van der Waals surface area contributed by atoms with Gasteiger partial charge in [-0.2, -0.15) is 0 Å². The average molecular weight is 138 g/mol. The first-order valence-electron chi connectivity index (χ1n) is 3.83. The van der Waals surface area contributed by atoms with E-state index in [-0.39, 0.29) is 11.8 Å². The molecule has 0 radical (unpaired) electrons. The number of rotatable bonds is 0. The van der Waals surface area contributed by atoms with E-state index in [1.165, 1.54) is 0 Å². The van der Waals surface area contributed by atoms with Crippen LogP contribution in [0.25, 0.3) is 0 Å². The van der Waals surface area contributed by atoms with Crippen molar-refractivity contribution in [1.82, 2.24) is 0 Å². The molecule has 2 heteroatoms. The maximum absolute atomic E-state index is 11.2. The van der Waals surface area contributed by atoms with Gasteiger partial charge >= 0.3 is 0 Å². The van der Waals surface area contributed by atoms with Gasteiger partial charge in [0.15, 0.2) is 0 Å². The second-order valence-electron chi connectivity index (χ2n) is 3.32. The van der Waals surface area contributed by atoms with E-state index in [2.05, 4.69) is 0 Å². The number of ketones is 2. The molecule has 0 aromatic heterocycles. The van der Waals surface area contributed by atoms with Crippen molar-refractivity contribution in [3.05, 3.63) is 0 Å². The summed E-state index contributed by atoms with van der Waals surface area (Å²) in [6.45, 7) is 0. The Hall–Kier alpha value is -0.660. The Morgan fingerprint density at radius 3 is 2.00 bits per heavy atom. The van der Waals surface area contributed by atoms with Gasteiger partial charge < -0.3 is 0 Å². The molecule has 0 unspecified atom stereocenters. The third-order valence-corrected chi connectivity index (χ3v) is 2.62. The third kappa shape index (κ3) is 0.713. The molecule has 2 bridgehead atoms. The molecule has 0 N–H and O–H groups in total. The third-order valence-electron chi connectivity index (χ3n) is 2.62. The standard InChI is InChI=1S/C8H10O2/c9-7-3-5-1-2-6(4-7)8(5)10/h5-6H,1-4H2/t5-,6-/m1/s1. The monoisotopic (exact) mass is 138 g/mol. The summed E-state index contributed by atoms with van der Waals surface area (Å²) in [5, 5.41) is 0. The van der Waals surface area contributed by atoms with E-state index in [0.717, 1.165) is 12.8 Å². The Morgan fingerprint density at radius 2 is 1.50 bits per heavy atom.